The van der Waals surface area contributed by atoms with Gasteiger partial charge >= 0.3 is 11.9 Å². The molecule has 0 fully saturated rings. The maximum absolute atomic E-state index is 12.0. The maximum Gasteiger partial charge on any atom is 0.338 e. The molecule has 2 atom stereocenters. The van der Waals surface area contributed by atoms with E-state index in [1.165, 1.54) is 20.8 Å². The SMILES string of the molecule is CCC(OC(C)=O)OC(=O)[C@H](O)C(C)(C)COS(=O)(=O)CCCNC(C)=O. The molecule has 1 amide bonds. The number of aliphatic hydroxyl groups is 1. The predicted octanol–water partition coefficient (Wildman–Crippen LogP) is 0.0885. The highest BCUT2D eigenvalue weighted by Gasteiger charge is 2.37. The van der Waals surface area contributed by atoms with Gasteiger partial charge in [-0.2, -0.15) is 8.42 Å². The van der Waals surface area contributed by atoms with Crippen LogP contribution in [-0.2, 0) is 38.2 Å². The summed E-state index contributed by atoms with van der Waals surface area (Å²) in [7, 11) is -3.90. The second-order valence-corrected chi connectivity index (χ2v) is 8.40. The number of aliphatic hydroxyl groups excluding tert-OH is 1. The van der Waals surface area contributed by atoms with Crippen LogP contribution in [0.3, 0.4) is 0 Å². The molecule has 2 N–H and O–H groups in total. The Balaban J connectivity index is 4.63. The number of amides is 1. The van der Waals surface area contributed by atoms with Crippen molar-refractivity contribution in [2.45, 2.75) is 59.9 Å². The van der Waals surface area contributed by atoms with Crippen LogP contribution in [0.1, 0.15) is 47.5 Å². The second kappa shape index (κ2) is 11.2. The zero-order chi connectivity index (χ0) is 21.3. The molecule has 0 aromatic heterocycles. The first kappa shape index (κ1) is 25.3. The van der Waals surface area contributed by atoms with Gasteiger partial charge in [0.05, 0.1) is 12.4 Å². The molecule has 0 aromatic carbocycles. The maximum atomic E-state index is 12.0. The van der Waals surface area contributed by atoms with E-state index in [4.69, 9.17) is 13.7 Å². The first-order valence-electron chi connectivity index (χ1n) is 8.48. The lowest BCUT2D eigenvalue weighted by atomic mass is 9.88. The van der Waals surface area contributed by atoms with Crippen LogP contribution in [0.15, 0.2) is 0 Å². The Hall–Kier alpha value is -1.72. The Morgan fingerprint density at radius 2 is 1.74 bits per heavy atom. The monoisotopic (exact) mass is 411 g/mol. The van der Waals surface area contributed by atoms with Crippen LogP contribution < -0.4 is 5.32 Å². The molecule has 0 bridgehead atoms. The molecule has 0 saturated carbocycles. The summed E-state index contributed by atoms with van der Waals surface area (Å²) in [4.78, 5) is 33.7. The van der Waals surface area contributed by atoms with Crippen LogP contribution in [-0.4, -0.2) is 62.7 Å². The Bertz CT molecular complexity index is 615. The zero-order valence-corrected chi connectivity index (χ0v) is 17.1. The summed E-state index contributed by atoms with van der Waals surface area (Å²) in [6.45, 7) is 6.67. The standard InChI is InChI=1S/C16H29NO9S/c1-6-13(25-12(3)19)26-15(21)14(20)16(4,5)10-24-27(22,23)9-7-8-17-11(2)18/h13-14,20H,6-10H2,1-5H3,(H,17,18)/t13?,14-/m0/s1. The molecule has 158 valence electrons. The van der Waals surface area contributed by atoms with Gasteiger partial charge in [-0.1, -0.05) is 20.8 Å². The molecule has 0 rings (SSSR count). The van der Waals surface area contributed by atoms with Gasteiger partial charge in [-0.25, -0.2) is 4.79 Å². The summed E-state index contributed by atoms with van der Waals surface area (Å²) < 4.78 is 38.3. The number of esters is 2. The minimum atomic E-state index is -3.90. The first-order valence-corrected chi connectivity index (χ1v) is 10.1. The van der Waals surface area contributed by atoms with E-state index in [1.807, 2.05) is 0 Å². The fraction of sp³-hybridized carbons (Fsp3) is 0.812. The Morgan fingerprint density at radius 3 is 2.22 bits per heavy atom. The minimum absolute atomic E-state index is 0.160. The van der Waals surface area contributed by atoms with Gasteiger partial charge in [0.2, 0.25) is 12.2 Å². The van der Waals surface area contributed by atoms with Crippen LogP contribution in [0.2, 0.25) is 0 Å². The molecule has 0 aliphatic carbocycles. The number of carbonyl (C=O) groups excluding carboxylic acids is 3. The van der Waals surface area contributed by atoms with E-state index in [0.29, 0.717) is 0 Å². The largest absolute Gasteiger partial charge is 0.425 e. The number of ether oxygens (including phenoxy) is 2. The Morgan fingerprint density at radius 1 is 1.15 bits per heavy atom. The third kappa shape index (κ3) is 10.9. The van der Waals surface area contributed by atoms with Crippen molar-refractivity contribution in [1.29, 1.82) is 0 Å². The smallest absolute Gasteiger partial charge is 0.338 e. The first-order chi connectivity index (χ1) is 12.3. The van der Waals surface area contributed by atoms with Crippen molar-refractivity contribution in [1.82, 2.24) is 5.32 Å². The van der Waals surface area contributed by atoms with Crippen LogP contribution >= 0.6 is 0 Å². The van der Waals surface area contributed by atoms with Crippen molar-refractivity contribution in [2.24, 2.45) is 5.41 Å². The van der Waals surface area contributed by atoms with Crippen molar-refractivity contribution in [3.8, 4) is 0 Å². The van der Waals surface area contributed by atoms with Crippen LogP contribution in [0.5, 0.6) is 0 Å². The topological polar surface area (TPSA) is 145 Å². The molecule has 0 radical (unpaired) electrons. The number of nitrogens with one attached hydrogen (secondary N) is 1. The molecule has 10 nitrogen and oxygen atoms in total. The average Bonchev–Trinajstić information content (AvgIpc) is 2.55. The Labute approximate surface area is 159 Å². The molecular weight excluding hydrogens is 382 g/mol. The molecule has 0 saturated heterocycles. The Kier molecular flexibility index (Phi) is 10.5. The molecule has 1 unspecified atom stereocenters. The molecule has 0 heterocycles. The predicted molar refractivity (Wildman–Crippen MR) is 94.8 cm³/mol. The molecule has 11 heteroatoms. The van der Waals surface area contributed by atoms with Gasteiger partial charge in [-0.05, 0) is 6.42 Å². The van der Waals surface area contributed by atoms with Gasteiger partial charge in [0, 0.05) is 32.2 Å². The molecular formula is C16H29NO9S. The van der Waals surface area contributed by atoms with Crippen LogP contribution in [0.4, 0.5) is 0 Å². The van der Waals surface area contributed by atoms with E-state index in [1.54, 1.807) is 6.92 Å². The minimum Gasteiger partial charge on any atom is -0.425 e. The summed E-state index contributed by atoms with van der Waals surface area (Å²) in [6.07, 6.45) is -2.49. The second-order valence-electron chi connectivity index (χ2n) is 6.64. The van der Waals surface area contributed by atoms with E-state index < -0.39 is 46.5 Å². The van der Waals surface area contributed by atoms with Crippen LogP contribution in [0, 0.1) is 5.41 Å². The molecule has 0 aromatic rings. The fourth-order valence-electron chi connectivity index (χ4n) is 1.78. The van der Waals surface area contributed by atoms with Gasteiger partial charge in [0.1, 0.15) is 0 Å². The quantitative estimate of drug-likeness (QED) is 0.197. The highest BCUT2D eigenvalue weighted by atomic mass is 32.2. The summed E-state index contributed by atoms with van der Waals surface area (Å²) in [5, 5.41) is 12.6. The number of hydrogen-bond acceptors (Lipinski definition) is 9. The normalized spacial score (nSPS) is 14.1. The van der Waals surface area contributed by atoms with Gasteiger partial charge in [0.15, 0.2) is 6.10 Å². The number of hydrogen-bond donors (Lipinski definition) is 2. The lowest BCUT2D eigenvalue weighted by molar-refractivity contribution is -0.197. The molecule has 27 heavy (non-hydrogen) atoms. The fourth-order valence-corrected chi connectivity index (χ4v) is 2.88. The third-order valence-corrected chi connectivity index (χ3v) is 4.66. The lowest BCUT2D eigenvalue weighted by Crippen LogP contribution is -2.43. The van der Waals surface area contributed by atoms with E-state index in [-0.39, 0.29) is 31.0 Å². The summed E-state index contributed by atoms with van der Waals surface area (Å²) >= 11 is 0. The van der Waals surface area contributed by atoms with Crippen molar-refractivity contribution < 1.29 is 41.6 Å². The lowest BCUT2D eigenvalue weighted by Gasteiger charge is -2.29. The van der Waals surface area contributed by atoms with Crippen molar-refractivity contribution in [2.75, 3.05) is 18.9 Å². The van der Waals surface area contributed by atoms with E-state index in [2.05, 4.69) is 5.32 Å². The van der Waals surface area contributed by atoms with E-state index in [9.17, 15) is 27.9 Å². The van der Waals surface area contributed by atoms with Crippen molar-refractivity contribution in [3.05, 3.63) is 0 Å². The number of carbonyl (C=O) groups is 3. The zero-order valence-electron chi connectivity index (χ0n) is 16.3. The van der Waals surface area contributed by atoms with Gasteiger partial charge in [-0.3, -0.25) is 13.8 Å². The molecule has 0 spiro atoms. The highest BCUT2D eigenvalue weighted by molar-refractivity contribution is 7.86. The van der Waals surface area contributed by atoms with Gasteiger partial charge in [-0.15, -0.1) is 0 Å². The summed E-state index contributed by atoms with van der Waals surface area (Å²) in [5.74, 6) is -2.29. The molecule has 0 aliphatic heterocycles. The summed E-state index contributed by atoms with van der Waals surface area (Å²) in [6, 6.07) is 0. The molecule has 0 aliphatic rings. The van der Waals surface area contributed by atoms with E-state index in [0.717, 1.165) is 6.92 Å². The van der Waals surface area contributed by atoms with Crippen molar-refractivity contribution >= 4 is 28.0 Å². The number of rotatable bonds is 12. The van der Waals surface area contributed by atoms with E-state index >= 15 is 0 Å². The van der Waals surface area contributed by atoms with Gasteiger partial charge < -0.3 is 19.9 Å². The average molecular weight is 411 g/mol. The van der Waals surface area contributed by atoms with Crippen molar-refractivity contribution in [3.63, 3.8) is 0 Å². The highest BCUT2D eigenvalue weighted by Crippen LogP contribution is 2.24. The third-order valence-electron chi connectivity index (χ3n) is 3.40. The van der Waals surface area contributed by atoms with Crippen LogP contribution in [0.25, 0.3) is 0 Å². The summed E-state index contributed by atoms with van der Waals surface area (Å²) in [5.41, 5.74) is -1.28. The van der Waals surface area contributed by atoms with Gasteiger partial charge in [0.25, 0.3) is 10.1 Å².